The second kappa shape index (κ2) is 7.48. The van der Waals surface area contributed by atoms with Gasteiger partial charge in [0.05, 0.1) is 18.2 Å². The van der Waals surface area contributed by atoms with Gasteiger partial charge in [0.25, 0.3) is 0 Å². The number of carbonyl (C=O) groups is 2. The summed E-state index contributed by atoms with van der Waals surface area (Å²) >= 11 is 0. The molecule has 1 aromatic heterocycles. The minimum absolute atomic E-state index is 0.00394. The molecule has 1 N–H and O–H groups in total. The van der Waals surface area contributed by atoms with Gasteiger partial charge in [0.1, 0.15) is 18.4 Å². The maximum Gasteiger partial charge on any atom is 0.329 e. The summed E-state index contributed by atoms with van der Waals surface area (Å²) in [4.78, 5) is 26.2. The Kier molecular flexibility index (Phi) is 5.14. The number of ether oxygens (including phenoxy) is 1. The van der Waals surface area contributed by atoms with Gasteiger partial charge >= 0.3 is 5.97 Å². The van der Waals surface area contributed by atoms with Crippen LogP contribution < -0.4 is 0 Å². The van der Waals surface area contributed by atoms with Crippen LogP contribution in [0.2, 0.25) is 0 Å². The van der Waals surface area contributed by atoms with Crippen molar-refractivity contribution in [1.29, 1.82) is 0 Å². The van der Waals surface area contributed by atoms with Gasteiger partial charge in [-0.25, -0.2) is 4.79 Å². The number of esters is 1. The molecular weight excluding hydrogens is 324 g/mol. The summed E-state index contributed by atoms with van der Waals surface area (Å²) in [5, 5.41) is 13.6. The largest absolute Gasteiger partial charge is 0.459 e. The van der Waals surface area contributed by atoms with E-state index in [2.05, 4.69) is 5.16 Å². The molecule has 0 aliphatic carbocycles. The molecule has 1 amide bonds. The molecule has 0 radical (unpaired) electrons. The van der Waals surface area contributed by atoms with Crippen molar-refractivity contribution in [2.45, 2.75) is 38.5 Å². The van der Waals surface area contributed by atoms with Gasteiger partial charge < -0.3 is 19.3 Å². The molecule has 1 fully saturated rings. The summed E-state index contributed by atoms with van der Waals surface area (Å²) in [7, 11) is 0. The van der Waals surface area contributed by atoms with Crippen LogP contribution in [0.3, 0.4) is 0 Å². The second-order valence-electron chi connectivity index (χ2n) is 6.16. The van der Waals surface area contributed by atoms with Crippen molar-refractivity contribution in [2.75, 3.05) is 6.54 Å². The minimum atomic E-state index is -0.782. The van der Waals surface area contributed by atoms with Gasteiger partial charge in [-0.2, -0.15) is 0 Å². The van der Waals surface area contributed by atoms with E-state index in [1.54, 1.807) is 13.0 Å². The lowest BCUT2D eigenvalue weighted by molar-refractivity contribution is -0.154. The molecule has 2 heterocycles. The van der Waals surface area contributed by atoms with Gasteiger partial charge in [0.2, 0.25) is 5.91 Å². The maximum atomic E-state index is 12.5. The summed E-state index contributed by atoms with van der Waals surface area (Å²) in [5.74, 6) is -0.378. The minimum Gasteiger partial charge on any atom is -0.459 e. The third kappa shape index (κ3) is 4.24. The Balaban J connectivity index is 1.62. The summed E-state index contributed by atoms with van der Waals surface area (Å²) in [6.07, 6.45) is -0.570. The first-order valence-electron chi connectivity index (χ1n) is 8.13. The fraction of sp³-hybridized carbons (Fsp3) is 0.389. The lowest BCUT2D eigenvalue weighted by atomic mass is 10.2. The predicted octanol–water partition coefficient (Wildman–Crippen LogP) is 1.23. The van der Waals surface area contributed by atoms with E-state index in [0.717, 1.165) is 5.56 Å². The van der Waals surface area contributed by atoms with Gasteiger partial charge in [-0.3, -0.25) is 4.79 Å². The molecule has 1 unspecified atom stereocenters. The van der Waals surface area contributed by atoms with Crippen LogP contribution in [-0.4, -0.2) is 45.7 Å². The van der Waals surface area contributed by atoms with Crippen molar-refractivity contribution in [1.82, 2.24) is 10.1 Å². The highest BCUT2D eigenvalue weighted by Gasteiger charge is 2.40. The van der Waals surface area contributed by atoms with E-state index in [9.17, 15) is 14.7 Å². The molecule has 1 aromatic carbocycles. The number of β-amino-alcohol motifs (C(OH)–C–C–N with tert-alkyl or cyclic N) is 1. The molecule has 1 aliphatic heterocycles. The standard InChI is InChI=1S/C18H20N2O5/c1-12-7-15(25-19-12)9-17(22)20-10-14(21)8-16(20)18(23)24-11-13-5-3-2-4-6-13/h2-7,14,16,21H,8-11H2,1H3/t14-,16?/m1/s1. The topological polar surface area (TPSA) is 92.9 Å². The van der Waals surface area contributed by atoms with Crippen molar-refractivity contribution in [3.8, 4) is 0 Å². The molecule has 25 heavy (non-hydrogen) atoms. The highest BCUT2D eigenvalue weighted by molar-refractivity contribution is 5.86. The van der Waals surface area contributed by atoms with E-state index < -0.39 is 18.1 Å². The molecule has 1 saturated heterocycles. The zero-order chi connectivity index (χ0) is 17.8. The molecule has 7 nitrogen and oxygen atoms in total. The molecule has 132 valence electrons. The van der Waals surface area contributed by atoms with Gasteiger partial charge in [0.15, 0.2) is 0 Å². The molecule has 2 aromatic rings. The Morgan fingerprint density at radius 1 is 1.36 bits per heavy atom. The number of aliphatic hydroxyl groups is 1. The van der Waals surface area contributed by atoms with E-state index in [-0.39, 0.29) is 31.9 Å². The van der Waals surface area contributed by atoms with Crippen molar-refractivity contribution in [2.24, 2.45) is 0 Å². The van der Waals surface area contributed by atoms with Gasteiger partial charge in [0, 0.05) is 19.0 Å². The van der Waals surface area contributed by atoms with Crippen LogP contribution in [0.5, 0.6) is 0 Å². The Morgan fingerprint density at radius 3 is 2.80 bits per heavy atom. The highest BCUT2D eigenvalue weighted by atomic mass is 16.5. The van der Waals surface area contributed by atoms with Crippen LogP contribution in [0.4, 0.5) is 0 Å². The van der Waals surface area contributed by atoms with E-state index in [4.69, 9.17) is 9.26 Å². The fourth-order valence-electron chi connectivity index (χ4n) is 2.89. The number of aliphatic hydroxyl groups excluding tert-OH is 1. The van der Waals surface area contributed by atoms with Gasteiger partial charge in [-0.05, 0) is 12.5 Å². The summed E-state index contributed by atoms with van der Waals surface area (Å²) in [5.41, 5.74) is 1.55. The Morgan fingerprint density at radius 2 is 2.12 bits per heavy atom. The average Bonchev–Trinajstić information content (AvgIpc) is 3.19. The first-order chi connectivity index (χ1) is 12.0. The molecule has 7 heteroatoms. The number of likely N-dealkylation sites (tertiary alicyclic amines) is 1. The SMILES string of the molecule is Cc1cc(CC(=O)N2C[C@H](O)CC2C(=O)OCc2ccccc2)on1. The predicted molar refractivity (Wildman–Crippen MR) is 87.3 cm³/mol. The van der Waals surface area contributed by atoms with Crippen molar-refractivity contribution >= 4 is 11.9 Å². The van der Waals surface area contributed by atoms with E-state index >= 15 is 0 Å². The zero-order valence-corrected chi connectivity index (χ0v) is 13.9. The Hall–Kier alpha value is -2.67. The van der Waals surface area contributed by atoms with Crippen LogP contribution in [-0.2, 0) is 27.4 Å². The number of hydrogen-bond donors (Lipinski definition) is 1. The van der Waals surface area contributed by atoms with Crippen molar-refractivity contribution in [3.63, 3.8) is 0 Å². The smallest absolute Gasteiger partial charge is 0.329 e. The number of benzene rings is 1. The molecule has 0 bridgehead atoms. The van der Waals surface area contributed by atoms with Crippen LogP contribution in [0.15, 0.2) is 40.9 Å². The summed E-state index contributed by atoms with van der Waals surface area (Å²) < 4.78 is 10.4. The molecule has 0 saturated carbocycles. The average molecular weight is 344 g/mol. The Labute approximate surface area is 145 Å². The second-order valence-corrected chi connectivity index (χ2v) is 6.16. The van der Waals surface area contributed by atoms with Gasteiger partial charge in [-0.1, -0.05) is 35.5 Å². The number of aromatic nitrogens is 1. The monoisotopic (exact) mass is 344 g/mol. The number of carbonyl (C=O) groups excluding carboxylic acids is 2. The quantitative estimate of drug-likeness (QED) is 0.820. The number of nitrogens with zero attached hydrogens (tertiary/aromatic N) is 2. The van der Waals surface area contributed by atoms with Crippen LogP contribution in [0.25, 0.3) is 0 Å². The number of amides is 1. The van der Waals surface area contributed by atoms with E-state index in [1.165, 1.54) is 4.90 Å². The molecule has 2 atom stereocenters. The van der Waals surface area contributed by atoms with Crippen molar-refractivity contribution in [3.05, 3.63) is 53.4 Å². The van der Waals surface area contributed by atoms with Crippen molar-refractivity contribution < 1.29 is 24.0 Å². The zero-order valence-electron chi connectivity index (χ0n) is 13.9. The summed E-state index contributed by atoms with van der Waals surface area (Å²) in [6.45, 7) is 2.01. The number of rotatable bonds is 5. The first-order valence-corrected chi connectivity index (χ1v) is 8.13. The molecule has 3 rings (SSSR count). The number of hydrogen-bond acceptors (Lipinski definition) is 6. The Bertz CT molecular complexity index is 743. The van der Waals surface area contributed by atoms with Crippen LogP contribution in [0.1, 0.15) is 23.4 Å². The first kappa shape index (κ1) is 17.2. The lowest BCUT2D eigenvalue weighted by Gasteiger charge is -2.22. The van der Waals surface area contributed by atoms with Gasteiger partial charge in [-0.15, -0.1) is 0 Å². The number of aryl methyl sites for hydroxylation is 1. The van der Waals surface area contributed by atoms with E-state index in [0.29, 0.717) is 11.5 Å². The third-order valence-corrected chi connectivity index (χ3v) is 4.10. The summed E-state index contributed by atoms with van der Waals surface area (Å²) in [6, 6.07) is 10.2. The lowest BCUT2D eigenvalue weighted by Crippen LogP contribution is -2.42. The van der Waals surface area contributed by atoms with Crippen LogP contribution >= 0.6 is 0 Å². The maximum absolute atomic E-state index is 12.5. The molecule has 1 aliphatic rings. The molecule has 0 spiro atoms. The van der Waals surface area contributed by atoms with E-state index in [1.807, 2.05) is 30.3 Å². The third-order valence-electron chi connectivity index (χ3n) is 4.10. The fourth-order valence-corrected chi connectivity index (χ4v) is 2.89. The molecular formula is C18H20N2O5. The normalized spacial score (nSPS) is 19.8. The van der Waals surface area contributed by atoms with Crippen LogP contribution in [0, 0.1) is 6.92 Å². The highest BCUT2D eigenvalue weighted by Crippen LogP contribution is 2.21.